The van der Waals surface area contributed by atoms with Crippen LogP contribution in [0.2, 0.25) is 0 Å². The number of imidazole rings is 1. The van der Waals surface area contributed by atoms with Crippen molar-refractivity contribution in [3.63, 3.8) is 0 Å². The molecule has 7 nitrogen and oxygen atoms in total. The monoisotopic (exact) mass is 349 g/mol. The van der Waals surface area contributed by atoms with Gasteiger partial charge in [-0.05, 0) is 31.2 Å². The fraction of sp³-hybridized carbons (Fsp3) is 0.263. The van der Waals surface area contributed by atoms with Crippen LogP contribution in [-0.2, 0) is 12.6 Å². The molecule has 2 aromatic heterocycles. The van der Waals surface area contributed by atoms with Gasteiger partial charge in [-0.15, -0.1) is 0 Å². The maximum Gasteiger partial charge on any atom is 0.254 e. The van der Waals surface area contributed by atoms with Crippen LogP contribution in [0.15, 0.2) is 48.8 Å². The summed E-state index contributed by atoms with van der Waals surface area (Å²) >= 11 is 0. The van der Waals surface area contributed by atoms with Crippen LogP contribution in [0.1, 0.15) is 21.9 Å². The van der Waals surface area contributed by atoms with E-state index in [0.29, 0.717) is 11.4 Å². The van der Waals surface area contributed by atoms with Crippen molar-refractivity contribution in [1.82, 2.24) is 24.6 Å². The molecule has 0 saturated carbocycles. The Morgan fingerprint density at radius 1 is 1.12 bits per heavy atom. The lowest BCUT2D eigenvalue weighted by molar-refractivity contribution is -0.0938. The zero-order chi connectivity index (χ0) is 18.3. The number of aromatic nitrogens is 4. The van der Waals surface area contributed by atoms with Gasteiger partial charge in [-0.2, -0.15) is 10.2 Å². The van der Waals surface area contributed by atoms with Crippen LogP contribution in [0.3, 0.4) is 0 Å². The first-order valence-electron chi connectivity index (χ1n) is 8.36. The Morgan fingerprint density at radius 2 is 1.85 bits per heavy atom. The minimum absolute atomic E-state index is 0.106. The van der Waals surface area contributed by atoms with E-state index in [0.717, 1.165) is 17.0 Å². The molecule has 0 unspecified atom stereocenters. The van der Waals surface area contributed by atoms with E-state index in [4.69, 9.17) is 0 Å². The van der Waals surface area contributed by atoms with Gasteiger partial charge in [0.25, 0.3) is 5.91 Å². The lowest BCUT2D eigenvalue weighted by Crippen LogP contribution is -2.62. The molecule has 0 atom stereocenters. The average Bonchev–Trinajstić information content (AvgIpc) is 3.06. The lowest BCUT2D eigenvalue weighted by Gasteiger charge is -2.45. The molecule has 7 heteroatoms. The van der Waals surface area contributed by atoms with Crippen LogP contribution >= 0.6 is 0 Å². The minimum atomic E-state index is -1.08. The Morgan fingerprint density at radius 3 is 2.42 bits per heavy atom. The molecule has 0 aliphatic carbocycles. The largest absolute Gasteiger partial charge is 0.378 e. The minimum Gasteiger partial charge on any atom is -0.378 e. The van der Waals surface area contributed by atoms with Crippen LogP contribution in [-0.4, -0.2) is 48.8 Å². The SMILES string of the molecule is Cc1ccc(-c2ccc(C(=O)N3CC(O)(c4nccn4C)C3)cc2)nn1. The van der Waals surface area contributed by atoms with Gasteiger partial charge in [0.05, 0.1) is 24.5 Å². The van der Waals surface area contributed by atoms with E-state index in [1.54, 1.807) is 34.0 Å². The lowest BCUT2D eigenvalue weighted by atomic mass is 9.92. The first-order valence-corrected chi connectivity index (χ1v) is 8.36. The van der Waals surface area contributed by atoms with E-state index in [2.05, 4.69) is 15.2 Å². The molecule has 0 spiro atoms. The highest BCUT2D eigenvalue weighted by molar-refractivity contribution is 5.95. The van der Waals surface area contributed by atoms with Gasteiger partial charge in [0.2, 0.25) is 0 Å². The van der Waals surface area contributed by atoms with Crippen molar-refractivity contribution in [3.8, 4) is 11.3 Å². The summed E-state index contributed by atoms with van der Waals surface area (Å²) in [5, 5.41) is 18.8. The number of hydrogen-bond acceptors (Lipinski definition) is 5. The van der Waals surface area contributed by atoms with Crippen molar-refractivity contribution in [2.45, 2.75) is 12.5 Å². The first kappa shape index (κ1) is 16.4. The molecular weight excluding hydrogens is 330 g/mol. The summed E-state index contributed by atoms with van der Waals surface area (Å²) in [5.41, 5.74) is 2.03. The van der Waals surface area contributed by atoms with E-state index < -0.39 is 5.60 Å². The predicted molar refractivity (Wildman–Crippen MR) is 95.2 cm³/mol. The summed E-state index contributed by atoms with van der Waals surface area (Å²) in [6.45, 7) is 2.36. The Kier molecular flexibility index (Phi) is 3.81. The summed E-state index contributed by atoms with van der Waals surface area (Å²) in [6, 6.07) is 11.1. The van der Waals surface area contributed by atoms with Gasteiger partial charge in [-0.3, -0.25) is 4.79 Å². The fourth-order valence-electron chi connectivity index (χ4n) is 3.20. The average molecular weight is 349 g/mol. The van der Waals surface area contributed by atoms with Gasteiger partial charge in [0, 0.05) is 30.6 Å². The predicted octanol–water partition coefficient (Wildman–Crippen LogP) is 1.53. The standard InChI is InChI=1S/C19H19N5O2/c1-13-3-8-16(22-21-13)14-4-6-15(7-5-14)17(25)24-11-19(26,12-24)18-20-9-10-23(18)2/h3-10,26H,11-12H2,1-2H3. The van der Waals surface area contributed by atoms with Gasteiger partial charge in [0.1, 0.15) is 5.82 Å². The molecule has 0 bridgehead atoms. The summed E-state index contributed by atoms with van der Waals surface area (Å²) in [4.78, 5) is 18.4. The van der Waals surface area contributed by atoms with E-state index in [-0.39, 0.29) is 19.0 Å². The molecule has 3 heterocycles. The zero-order valence-electron chi connectivity index (χ0n) is 14.6. The maximum absolute atomic E-state index is 12.6. The molecule has 4 rings (SSSR count). The van der Waals surface area contributed by atoms with Crippen LogP contribution in [0, 0.1) is 6.92 Å². The van der Waals surface area contributed by atoms with Crippen LogP contribution in [0.5, 0.6) is 0 Å². The van der Waals surface area contributed by atoms with Gasteiger partial charge >= 0.3 is 0 Å². The first-order chi connectivity index (χ1) is 12.5. The third kappa shape index (κ3) is 2.76. The van der Waals surface area contributed by atoms with E-state index in [9.17, 15) is 9.90 Å². The van der Waals surface area contributed by atoms with Gasteiger partial charge in [0.15, 0.2) is 5.60 Å². The second-order valence-electron chi connectivity index (χ2n) is 6.69. The number of hydrogen-bond donors (Lipinski definition) is 1. The van der Waals surface area contributed by atoms with Crippen LogP contribution in [0.4, 0.5) is 0 Å². The number of carbonyl (C=O) groups excluding carboxylic acids is 1. The number of amides is 1. The van der Waals surface area contributed by atoms with E-state index >= 15 is 0 Å². The highest BCUT2D eigenvalue weighted by Crippen LogP contribution is 2.31. The Bertz CT molecular complexity index is 941. The smallest absolute Gasteiger partial charge is 0.254 e. The summed E-state index contributed by atoms with van der Waals surface area (Å²) in [5.74, 6) is 0.472. The van der Waals surface area contributed by atoms with Crippen LogP contribution in [0.25, 0.3) is 11.3 Å². The van der Waals surface area contributed by atoms with Crippen molar-refractivity contribution in [2.24, 2.45) is 7.05 Å². The molecule has 0 radical (unpaired) electrons. The number of nitrogens with zero attached hydrogens (tertiary/aromatic N) is 5. The van der Waals surface area contributed by atoms with Gasteiger partial charge in [-0.1, -0.05) is 12.1 Å². The molecule has 1 aliphatic heterocycles. The number of β-amino-alcohol motifs (C(OH)–C–C–N with tert-alkyl or cyclic N) is 1. The molecule has 3 aromatic rings. The second kappa shape index (κ2) is 6.03. The van der Waals surface area contributed by atoms with Crippen molar-refractivity contribution >= 4 is 5.91 Å². The van der Waals surface area contributed by atoms with Gasteiger partial charge < -0.3 is 14.6 Å². The zero-order valence-corrected chi connectivity index (χ0v) is 14.6. The normalized spacial score (nSPS) is 15.6. The molecule has 132 valence electrons. The second-order valence-corrected chi connectivity index (χ2v) is 6.69. The number of likely N-dealkylation sites (tertiary alicyclic amines) is 1. The Hall–Kier alpha value is -3.06. The van der Waals surface area contributed by atoms with Crippen molar-refractivity contribution in [2.75, 3.05) is 13.1 Å². The maximum atomic E-state index is 12.6. The number of rotatable bonds is 3. The Labute approximate surface area is 150 Å². The highest BCUT2D eigenvalue weighted by Gasteiger charge is 2.47. The van der Waals surface area contributed by atoms with E-state index in [1.165, 1.54) is 0 Å². The fourth-order valence-corrected chi connectivity index (χ4v) is 3.20. The van der Waals surface area contributed by atoms with E-state index in [1.807, 2.05) is 38.2 Å². The number of carbonyl (C=O) groups is 1. The summed E-state index contributed by atoms with van der Waals surface area (Å²) in [6.07, 6.45) is 3.43. The van der Waals surface area contributed by atoms with Crippen molar-refractivity contribution in [3.05, 3.63) is 65.9 Å². The molecule has 1 aliphatic rings. The molecule has 1 aromatic carbocycles. The number of aryl methyl sites for hydroxylation is 2. The molecule has 1 fully saturated rings. The van der Waals surface area contributed by atoms with Crippen molar-refractivity contribution in [1.29, 1.82) is 0 Å². The molecule has 1 saturated heterocycles. The molecule has 26 heavy (non-hydrogen) atoms. The summed E-state index contributed by atoms with van der Waals surface area (Å²) in [7, 11) is 1.83. The number of aliphatic hydroxyl groups is 1. The molecule has 1 amide bonds. The quantitative estimate of drug-likeness (QED) is 0.775. The molecular formula is C19H19N5O2. The molecule has 1 N–H and O–H groups in total. The number of benzene rings is 1. The van der Waals surface area contributed by atoms with Crippen LogP contribution < -0.4 is 0 Å². The Balaban J connectivity index is 1.46. The third-order valence-corrected chi connectivity index (χ3v) is 4.65. The third-order valence-electron chi connectivity index (χ3n) is 4.65. The van der Waals surface area contributed by atoms with Crippen molar-refractivity contribution < 1.29 is 9.90 Å². The topological polar surface area (TPSA) is 84.1 Å². The summed E-state index contributed by atoms with van der Waals surface area (Å²) < 4.78 is 1.78. The van der Waals surface area contributed by atoms with Gasteiger partial charge in [-0.25, -0.2) is 4.98 Å². The highest BCUT2D eigenvalue weighted by atomic mass is 16.3.